The summed E-state index contributed by atoms with van der Waals surface area (Å²) in [7, 11) is 2.00. The summed E-state index contributed by atoms with van der Waals surface area (Å²) >= 11 is 0. The molecule has 14 heavy (non-hydrogen) atoms. The first-order valence-corrected chi connectivity index (χ1v) is 5.77. The second-order valence-electron chi connectivity index (χ2n) is 3.87. The van der Waals surface area contributed by atoms with E-state index in [0.717, 1.165) is 32.8 Å². The Morgan fingerprint density at radius 3 is 2.86 bits per heavy atom. The second kappa shape index (κ2) is 8.21. The molecule has 0 amide bonds. The molecule has 1 aliphatic heterocycles. The summed E-state index contributed by atoms with van der Waals surface area (Å²) in [5.74, 6) is 0. The van der Waals surface area contributed by atoms with Crippen molar-refractivity contribution in [3.63, 3.8) is 0 Å². The first-order chi connectivity index (χ1) is 6.93. The molecule has 0 radical (unpaired) electrons. The molecule has 0 bridgehead atoms. The van der Waals surface area contributed by atoms with Crippen LogP contribution in [0, 0.1) is 0 Å². The van der Waals surface area contributed by atoms with Crippen molar-refractivity contribution in [2.24, 2.45) is 0 Å². The van der Waals surface area contributed by atoms with Crippen LogP contribution in [0.4, 0.5) is 0 Å². The third-order valence-electron chi connectivity index (χ3n) is 2.56. The van der Waals surface area contributed by atoms with Crippen LogP contribution in [0.5, 0.6) is 0 Å². The van der Waals surface area contributed by atoms with Gasteiger partial charge in [-0.1, -0.05) is 12.8 Å². The molecule has 0 saturated carbocycles. The lowest BCUT2D eigenvalue weighted by Crippen LogP contribution is -2.13. The second-order valence-corrected chi connectivity index (χ2v) is 3.87. The highest BCUT2D eigenvalue weighted by Crippen LogP contribution is 2.09. The molecule has 3 nitrogen and oxygen atoms in total. The third-order valence-corrected chi connectivity index (χ3v) is 2.56. The molecule has 0 aromatic heterocycles. The van der Waals surface area contributed by atoms with Crippen LogP contribution in [0.25, 0.3) is 0 Å². The lowest BCUT2D eigenvalue weighted by Gasteiger charge is -2.09. The average molecular weight is 201 g/mol. The van der Waals surface area contributed by atoms with Gasteiger partial charge in [-0.3, -0.25) is 0 Å². The molecular weight excluding hydrogens is 178 g/mol. The maximum atomic E-state index is 5.67. The maximum Gasteiger partial charge on any atom is 0.0830 e. The lowest BCUT2D eigenvalue weighted by molar-refractivity contribution is 0.0406. The molecular formula is C11H23NO2. The minimum Gasteiger partial charge on any atom is -0.379 e. The van der Waals surface area contributed by atoms with Crippen molar-refractivity contribution in [1.82, 2.24) is 5.32 Å². The number of hydrogen-bond donors (Lipinski definition) is 1. The molecule has 0 aromatic rings. The van der Waals surface area contributed by atoms with Crippen molar-refractivity contribution in [3.8, 4) is 0 Å². The molecule has 1 atom stereocenters. The van der Waals surface area contributed by atoms with E-state index in [1.807, 2.05) is 7.05 Å². The van der Waals surface area contributed by atoms with Gasteiger partial charge in [0, 0.05) is 13.2 Å². The Labute approximate surface area is 87.2 Å². The Hall–Kier alpha value is -0.120. The van der Waals surface area contributed by atoms with Crippen molar-refractivity contribution in [1.29, 1.82) is 0 Å². The van der Waals surface area contributed by atoms with Gasteiger partial charge in [-0.05, 0) is 32.9 Å². The number of hydrogen-bond acceptors (Lipinski definition) is 3. The highest BCUT2D eigenvalue weighted by molar-refractivity contribution is 4.62. The topological polar surface area (TPSA) is 30.5 Å². The van der Waals surface area contributed by atoms with Crippen molar-refractivity contribution in [2.45, 2.75) is 38.2 Å². The zero-order valence-electron chi connectivity index (χ0n) is 9.26. The van der Waals surface area contributed by atoms with E-state index in [2.05, 4.69) is 5.32 Å². The number of ether oxygens (including phenoxy) is 2. The first kappa shape index (κ1) is 12.0. The van der Waals surface area contributed by atoms with Gasteiger partial charge in [0.05, 0.1) is 12.7 Å². The predicted molar refractivity (Wildman–Crippen MR) is 57.6 cm³/mol. The largest absolute Gasteiger partial charge is 0.379 e. The zero-order valence-corrected chi connectivity index (χ0v) is 9.26. The smallest absolute Gasteiger partial charge is 0.0830 e. The molecule has 84 valence electrons. The van der Waals surface area contributed by atoms with E-state index < -0.39 is 0 Å². The summed E-state index contributed by atoms with van der Waals surface area (Å²) in [6, 6.07) is 0. The Kier molecular flexibility index (Phi) is 7.01. The predicted octanol–water partition coefficient (Wildman–Crippen LogP) is 1.57. The minimum atomic E-state index is 0.382. The summed E-state index contributed by atoms with van der Waals surface area (Å²) in [5, 5.41) is 3.16. The Bertz CT molecular complexity index is 124. The normalized spacial score (nSPS) is 21.6. The number of nitrogens with one attached hydrogen (secondary N) is 1. The Balaban J connectivity index is 1.75. The van der Waals surface area contributed by atoms with Gasteiger partial charge in [0.25, 0.3) is 0 Å². The van der Waals surface area contributed by atoms with Crippen LogP contribution >= 0.6 is 0 Å². The van der Waals surface area contributed by atoms with Crippen LogP contribution in [0.2, 0.25) is 0 Å². The lowest BCUT2D eigenvalue weighted by atomic mass is 10.2. The van der Waals surface area contributed by atoms with Crippen molar-refractivity contribution >= 4 is 0 Å². The average Bonchev–Trinajstić information content (AvgIpc) is 2.69. The van der Waals surface area contributed by atoms with Gasteiger partial charge < -0.3 is 14.8 Å². The number of unbranched alkanes of at least 4 members (excludes halogenated alkanes) is 3. The fourth-order valence-electron chi connectivity index (χ4n) is 1.65. The Morgan fingerprint density at radius 1 is 1.29 bits per heavy atom. The van der Waals surface area contributed by atoms with Crippen LogP contribution in [-0.4, -0.2) is 39.5 Å². The van der Waals surface area contributed by atoms with Gasteiger partial charge in [-0.15, -0.1) is 0 Å². The van der Waals surface area contributed by atoms with Crippen LogP contribution in [0.15, 0.2) is 0 Å². The fourth-order valence-corrected chi connectivity index (χ4v) is 1.65. The van der Waals surface area contributed by atoms with E-state index in [4.69, 9.17) is 9.47 Å². The van der Waals surface area contributed by atoms with E-state index in [1.54, 1.807) is 0 Å². The van der Waals surface area contributed by atoms with Gasteiger partial charge in [-0.25, -0.2) is 0 Å². The highest BCUT2D eigenvalue weighted by atomic mass is 16.5. The quantitative estimate of drug-likeness (QED) is 0.605. The van der Waals surface area contributed by atoms with E-state index in [0.29, 0.717) is 6.10 Å². The molecule has 0 aromatic carbocycles. The molecule has 0 spiro atoms. The minimum absolute atomic E-state index is 0.382. The Morgan fingerprint density at radius 2 is 2.14 bits per heavy atom. The van der Waals surface area contributed by atoms with Gasteiger partial charge in [-0.2, -0.15) is 0 Å². The molecule has 0 aliphatic carbocycles. The molecule has 1 aliphatic rings. The summed E-state index contributed by atoms with van der Waals surface area (Å²) in [6.07, 6.45) is 6.54. The van der Waals surface area contributed by atoms with Crippen LogP contribution in [0.1, 0.15) is 32.1 Å². The highest BCUT2D eigenvalue weighted by Gasteiger charge is 2.14. The van der Waals surface area contributed by atoms with E-state index >= 15 is 0 Å². The van der Waals surface area contributed by atoms with Gasteiger partial charge in [0.2, 0.25) is 0 Å². The van der Waals surface area contributed by atoms with Crippen molar-refractivity contribution in [3.05, 3.63) is 0 Å². The third kappa shape index (κ3) is 5.58. The fraction of sp³-hybridized carbons (Fsp3) is 1.00. The monoisotopic (exact) mass is 201 g/mol. The van der Waals surface area contributed by atoms with Crippen LogP contribution in [0.3, 0.4) is 0 Å². The molecule has 1 heterocycles. The summed E-state index contributed by atoms with van der Waals surface area (Å²) in [4.78, 5) is 0. The molecule has 1 unspecified atom stereocenters. The van der Waals surface area contributed by atoms with Gasteiger partial charge in [0.1, 0.15) is 0 Å². The molecule has 1 rings (SSSR count). The molecule has 1 saturated heterocycles. The van der Waals surface area contributed by atoms with Crippen LogP contribution < -0.4 is 5.32 Å². The first-order valence-electron chi connectivity index (χ1n) is 5.77. The summed E-state index contributed by atoms with van der Waals surface area (Å²) in [5.41, 5.74) is 0. The van der Waals surface area contributed by atoms with Gasteiger partial charge in [0.15, 0.2) is 0 Å². The molecule has 1 fully saturated rings. The molecule has 1 N–H and O–H groups in total. The van der Waals surface area contributed by atoms with E-state index in [1.165, 1.54) is 25.7 Å². The zero-order chi connectivity index (χ0) is 10.1. The summed E-state index contributed by atoms with van der Waals surface area (Å²) in [6.45, 7) is 3.73. The van der Waals surface area contributed by atoms with Gasteiger partial charge >= 0.3 is 0 Å². The summed E-state index contributed by atoms with van der Waals surface area (Å²) < 4.78 is 10.9. The van der Waals surface area contributed by atoms with Crippen molar-refractivity contribution in [2.75, 3.05) is 33.4 Å². The maximum absolute atomic E-state index is 5.67. The SMILES string of the molecule is CNCCCCCCOC1CCOC1. The molecule has 3 heteroatoms. The van der Waals surface area contributed by atoms with E-state index in [-0.39, 0.29) is 0 Å². The van der Waals surface area contributed by atoms with Crippen LogP contribution in [-0.2, 0) is 9.47 Å². The number of rotatable bonds is 8. The van der Waals surface area contributed by atoms with Crippen molar-refractivity contribution < 1.29 is 9.47 Å². The van der Waals surface area contributed by atoms with E-state index in [9.17, 15) is 0 Å². The standard InChI is InChI=1S/C11H23NO2/c1-12-7-4-2-3-5-8-14-11-6-9-13-10-11/h11-12H,2-10H2,1H3.